The summed E-state index contributed by atoms with van der Waals surface area (Å²) >= 11 is 0. The van der Waals surface area contributed by atoms with Gasteiger partial charge >= 0.3 is 5.69 Å². The van der Waals surface area contributed by atoms with Crippen molar-refractivity contribution in [2.75, 3.05) is 37.0 Å². The summed E-state index contributed by atoms with van der Waals surface area (Å²) in [4.78, 5) is 48.4. The second-order valence-corrected chi connectivity index (χ2v) is 15.5. The lowest BCUT2D eigenvalue weighted by atomic mass is 9.81. The molecule has 4 atom stereocenters. The summed E-state index contributed by atoms with van der Waals surface area (Å²) in [5.41, 5.74) is 4.35. The van der Waals surface area contributed by atoms with E-state index in [1.165, 1.54) is 24.9 Å². The summed E-state index contributed by atoms with van der Waals surface area (Å²) in [7, 11) is 3.35. The Morgan fingerprint density at radius 1 is 1.05 bits per heavy atom. The number of fused-ring (bicyclic) bond motifs is 4. The number of hydrogen-bond donors (Lipinski definition) is 3. The molecule has 4 saturated heterocycles. The van der Waals surface area contributed by atoms with E-state index in [-0.39, 0.29) is 17.5 Å². The molecule has 1 saturated carbocycles. The number of para-hydroxylation sites is 1. The van der Waals surface area contributed by atoms with Gasteiger partial charge in [0, 0.05) is 68.8 Å². The minimum Gasteiger partial charge on any atom is -0.494 e. The Hall–Kier alpha value is -5.72. The molecule has 2 amide bonds. The topological polar surface area (TPSA) is 176 Å². The van der Waals surface area contributed by atoms with E-state index >= 15 is 0 Å². The number of aliphatic hydroxyl groups excluding tert-OH is 1. The van der Waals surface area contributed by atoms with E-state index in [0.29, 0.717) is 59.4 Å². The number of carbonyl (C=O) groups is 2. The minimum absolute atomic E-state index is 0.215. The molecule has 2 aromatic carbocycles. The number of anilines is 2. The predicted octanol–water partition coefficient (Wildman–Crippen LogP) is 3.68. The molecule has 284 valence electrons. The molecule has 4 unspecified atom stereocenters. The van der Waals surface area contributed by atoms with Gasteiger partial charge in [-0.1, -0.05) is 6.07 Å². The third kappa shape index (κ3) is 6.19. The van der Waals surface area contributed by atoms with Crippen molar-refractivity contribution < 1.29 is 19.4 Å². The van der Waals surface area contributed by atoms with Gasteiger partial charge in [0.05, 0.1) is 52.2 Å². The summed E-state index contributed by atoms with van der Waals surface area (Å²) in [6.07, 6.45) is 10.4. The molecular formula is C40H44N10O5. The summed E-state index contributed by atoms with van der Waals surface area (Å²) in [5, 5.41) is 30.4. The molecule has 7 heterocycles. The highest BCUT2D eigenvalue weighted by atomic mass is 16.5. The lowest BCUT2D eigenvalue weighted by Crippen LogP contribution is -2.69. The van der Waals surface area contributed by atoms with E-state index in [9.17, 15) is 24.8 Å². The summed E-state index contributed by atoms with van der Waals surface area (Å²) in [5.74, 6) is 0.428. The van der Waals surface area contributed by atoms with Crippen LogP contribution in [0, 0.1) is 17.2 Å². The van der Waals surface area contributed by atoms with Crippen molar-refractivity contribution in [2.45, 2.75) is 75.3 Å². The molecule has 55 heavy (non-hydrogen) atoms. The monoisotopic (exact) mass is 744 g/mol. The molecule has 5 fully saturated rings. The van der Waals surface area contributed by atoms with Crippen LogP contribution in [-0.2, 0) is 11.8 Å². The molecule has 1 aliphatic carbocycles. The molecule has 4 aliphatic heterocycles. The Morgan fingerprint density at radius 2 is 1.85 bits per heavy atom. The number of aryl methyl sites for hydroxylation is 1. The van der Waals surface area contributed by atoms with Gasteiger partial charge in [0.1, 0.15) is 24.1 Å². The molecule has 15 nitrogen and oxygen atoms in total. The van der Waals surface area contributed by atoms with Gasteiger partial charge in [0.15, 0.2) is 0 Å². The van der Waals surface area contributed by atoms with Crippen molar-refractivity contribution in [1.29, 1.82) is 5.26 Å². The molecule has 5 aromatic rings. The zero-order chi connectivity index (χ0) is 38.0. The first kappa shape index (κ1) is 35.0. The van der Waals surface area contributed by atoms with Crippen LogP contribution in [0.5, 0.6) is 5.75 Å². The average Bonchev–Trinajstić information content (AvgIpc) is 3.73. The number of amides is 2. The van der Waals surface area contributed by atoms with Crippen molar-refractivity contribution in [2.24, 2.45) is 13.0 Å². The van der Waals surface area contributed by atoms with E-state index in [2.05, 4.69) is 42.4 Å². The van der Waals surface area contributed by atoms with Gasteiger partial charge in [0.2, 0.25) is 5.91 Å². The van der Waals surface area contributed by atoms with E-state index in [1.54, 1.807) is 23.3 Å². The van der Waals surface area contributed by atoms with Gasteiger partial charge in [-0.15, -0.1) is 0 Å². The number of hydrogen-bond acceptors (Lipinski definition) is 10. The maximum atomic E-state index is 13.5. The number of methoxy groups -OCH3 is 1. The van der Waals surface area contributed by atoms with Crippen molar-refractivity contribution >= 4 is 45.1 Å². The van der Waals surface area contributed by atoms with Gasteiger partial charge in [0.25, 0.3) is 5.91 Å². The third-order valence-electron chi connectivity index (χ3n) is 12.3. The molecule has 15 heteroatoms. The van der Waals surface area contributed by atoms with Crippen LogP contribution in [0.2, 0.25) is 0 Å². The first-order chi connectivity index (χ1) is 26.7. The number of imidazole rings is 1. The normalized spacial score (nSPS) is 25.3. The van der Waals surface area contributed by atoms with Crippen LogP contribution < -0.4 is 26.0 Å². The fourth-order valence-corrected chi connectivity index (χ4v) is 9.42. The number of piperidine rings is 2. The quantitative estimate of drug-likeness (QED) is 0.213. The largest absolute Gasteiger partial charge is 0.494 e. The smallest absolute Gasteiger partial charge is 0.329 e. The number of aliphatic hydroxyl groups is 1. The Kier molecular flexibility index (Phi) is 8.82. The highest BCUT2D eigenvalue weighted by Gasteiger charge is 2.46. The van der Waals surface area contributed by atoms with Crippen LogP contribution in [0.3, 0.4) is 0 Å². The fourth-order valence-electron chi connectivity index (χ4n) is 9.42. The molecule has 5 aliphatic rings. The van der Waals surface area contributed by atoms with Gasteiger partial charge in [-0.2, -0.15) is 10.4 Å². The fraction of sp³-hybridized carbons (Fsp3) is 0.450. The molecule has 3 N–H and O–H groups in total. The van der Waals surface area contributed by atoms with Gasteiger partial charge < -0.3 is 25.4 Å². The van der Waals surface area contributed by atoms with Gasteiger partial charge in [-0.25, -0.2) is 4.79 Å². The van der Waals surface area contributed by atoms with Crippen molar-refractivity contribution in [3.05, 3.63) is 76.6 Å². The molecular weight excluding hydrogens is 701 g/mol. The van der Waals surface area contributed by atoms with E-state index in [1.807, 2.05) is 30.3 Å². The van der Waals surface area contributed by atoms with Crippen LogP contribution in [0.4, 0.5) is 11.4 Å². The highest BCUT2D eigenvalue weighted by molar-refractivity contribution is 6.06. The number of nitrogens with one attached hydrogen (secondary N) is 2. The van der Waals surface area contributed by atoms with Crippen LogP contribution in [-0.4, -0.2) is 90.8 Å². The van der Waals surface area contributed by atoms with Crippen LogP contribution >= 0.6 is 0 Å². The highest BCUT2D eigenvalue weighted by Crippen LogP contribution is 2.41. The van der Waals surface area contributed by atoms with Crippen LogP contribution in [0.15, 0.2) is 59.8 Å². The Balaban J connectivity index is 0.834. The van der Waals surface area contributed by atoms with E-state index < -0.39 is 12.3 Å². The van der Waals surface area contributed by atoms with Crippen molar-refractivity contribution in [1.82, 2.24) is 34.1 Å². The SMILES string of the molecule is COc1cc2nn(C3CCC(CN4C5CC4CN(c4cccc6c4n(C)c(=O)n6C4CCC(O)NC4=O)C5)CC3)cc2cc1NC(=O)c1cncc(C#N)c1. The van der Waals surface area contributed by atoms with Gasteiger partial charge in [-0.3, -0.25) is 33.3 Å². The first-order valence-corrected chi connectivity index (χ1v) is 19.1. The summed E-state index contributed by atoms with van der Waals surface area (Å²) in [6.45, 7) is 2.89. The number of piperazine rings is 1. The van der Waals surface area contributed by atoms with Crippen LogP contribution in [0.1, 0.15) is 73.0 Å². The maximum absolute atomic E-state index is 13.5. The minimum atomic E-state index is -0.871. The number of nitrogens with zero attached hydrogens (tertiary/aromatic N) is 8. The molecule has 0 spiro atoms. The van der Waals surface area contributed by atoms with E-state index in [4.69, 9.17) is 9.84 Å². The first-order valence-electron chi connectivity index (χ1n) is 19.1. The van der Waals surface area contributed by atoms with Crippen molar-refractivity contribution in [3.8, 4) is 11.8 Å². The number of ether oxygens (including phenoxy) is 1. The third-order valence-corrected chi connectivity index (χ3v) is 12.3. The molecule has 10 rings (SSSR count). The number of nitriles is 1. The van der Waals surface area contributed by atoms with Crippen LogP contribution in [0.25, 0.3) is 21.9 Å². The maximum Gasteiger partial charge on any atom is 0.329 e. The number of pyridine rings is 1. The molecule has 2 bridgehead atoms. The zero-order valence-electron chi connectivity index (χ0n) is 30.9. The Morgan fingerprint density at radius 3 is 2.60 bits per heavy atom. The Labute approximate surface area is 317 Å². The average molecular weight is 745 g/mol. The number of benzene rings is 2. The standard InChI is InChI=1S/C40H44N10O5/c1-46-37-32(4-3-5-33(37)50(40(46)54)34-10-11-36(51)44-39(34)53)47-21-28-14-29(22-47)48(28)19-23-6-8-27(9-7-23)49-20-26-13-31(35(55-2)15-30(26)45-49)43-38(52)25-12-24(16-41)17-42-18-25/h3-5,12-13,15,17-18,20,23,27-29,34,36,51H,6-11,14,19,21-22H2,1-2H3,(H,43,52)(H,44,53). The number of carbonyl (C=O) groups excluding carboxylic acids is 2. The predicted molar refractivity (Wildman–Crippen MR) is 205 cm³/mol. The summed E-state index contributed by atoms with van der Waals surface area (Å²) < 4.78 is 11.0. The van der Waals surface area contributed by atoms with E-state index in [0.717, 1.165) is 72.9 Å². The lowest BCUT2D eigenvalue weighted by molar-refractivity contribution is -0.130. The Bertz CT molecular complexity index is 2410. The zero-order valence-corrected chi connectivity index (χ0v) is 30.9. The number of aromatic nitrogens is 5. The van der Waals surface area contributed by atoms with Crippen molar-refractivity contribution in [3.63, 3.8) is 0 Å². The lowest BCUT2D eigenvalue weighted by Gasteiger charge is -2.58. The second-order valence-electron chi connectivity index (χ2n) is 15.5. The summed E-state index contributed by atoms with van der Waals surface area (Å²) in [6, 6.07) is 13.8. The molecule has 0 radical (unpaired) electrons. The second kappa shape index (κ2) is 13.8. The molecule has 3 aromatic heterocycles. The van der Waals surface area contributed by atoms with Gasteiger partial charge in [-0.05, 0) is 75.1 Å². The number of rotatable bonds is 8.